The van der Waals surface area contributed by atoms with Crippen molar-refractivity contribution in [3.05, 3.63) is 72.6 Å². The number of amides is 2. The number of carbonyl (C=O) groups is 1. The Labute approximate surface area is 138 Å². The molecule has 0 aliphatic carbocycles. The summed E-state index contributed by atoms with van der Waals surface area (Å²) in [6.45, 7) is -0.178. The van der Waals surface area contributed by atoms with E-state index < -0.39 is 6.04 Å². The second kappa shape index (κ2) is 7.38. The third-order valence-electron chi connectivity index (χ3n) is 3.50. The zero-order valence-corrected chi connectivity index (χ0v) is 12.8. The molecule has 0 bridgehead atoms. The van der Waals surface area contributed by atoms with Crippen LogP contribution in [0.4, 0.5) is 10.5 Å². The van der Waals surface area contributed by atoms with Crippen molar-refractivity contribution in [1.29, 1.82) is 0 Å². The standard InChI is InChI=1S/C17H17N5O2/c23-12-16(13-4-2-1-3-5-13)20-17(24)19-14-6-8-15(9-7-14)22-11-10-18-21-22/h1-11,16,23H,12H2,(H2,19,20,24). The van der Waals surface area contributed by atoms with Gasteiger partial charge in [0.05, 0.1) is 30.7 Å². The molecule has 0 aliphatic heterocycles. The molecule has 1 aromatic heterocycles. The second-order valence-electron chi connectivity index (χ2n) is 5.14. The largest absolute Gasteiger partial charge is 0.394 e. The van der Waals surface area contributed by atoms with E-state index in [1.54, 1.807) is 29.2 Å². The van der Waals surface area contributed by atoms with Crippen LogP contribution in [0, 0.1) is 0 Å². The minimum atomic E-state index is -0.458. The van der Waals surface area contributed by atoms with Crippen molar-refractivity contribution in [3.8, 4) is 5.69 Å². The lowest BCUT2D eigenvalue weighted by atomic mass is 10.1. The number of hydrogen-bond donors (Lipinski definition) is 3. The number of hydrogen-bond acceptors (Lipinski definition) is 4. The highest BCUT2D eigenvalue weighted by molar-refractivity contribution is 5.89. The van der Waals surface area contributed by atoms with Crippen LogP contribution in [0.3, 0.4) is 0 Å². The Morgan fingerprint density at radius 1 is 1.12 bits per heavy atom. The first-order valence-electron chi connectivity index (χ1n) is 7.46. The maximum atomic E-state index is 12.1. The van der Waals surface area contributed by atoms with Crippen LogP contribution in [0.1, 0.15) is 11.6 Å². The van der Waals surface area contributed by atoms with Gasteiger partial charge in [-0.3, -0.25) is 0 Å². The van der Waals surface area contributed by atoms with Crippen LogP contribution in [-0.2, 0) is 0 Å². The number of aliphatic hydroxyl groups excluding tert-OH is 1. The molecule has 0 saturated carbocycles. The summed E-state index contributed by atoms with van der Waals surface area (Å²) in [5, 5.41) is 22.6. The monoisotopic (exact) mass is 323 g/mol. The van der Waals surface area contributed by atoms with Crippen molar-refractivity contribution in [3.63, 3.8) is 0 Å². The van der Waals surface area contributed by atoms with Gasteiger partial charge in [-0.1, -0.05) is 35.5 Å². The Hall–Kier alpha value is -3.19. The zero-order valence-electron chi connectivity index (χ0n) is 12.8. The predicted molar refractivity (Wildman–Crippen MR) is 89.8 cm³/mol. The summed E-state index contributed by atoms with van der Waals surface area (Å²) in [7, 11) is 0. The third kappa shape index (κ3) is 3.76. The molecule has 0 aliphatic rings. The molecule has 7 heteroatoms. The Kier molecular flexibility index (Phi) is 4.83. The topological polar surface area (TPSA) is 92.1 Å². The van der Waals surface area contributed by atoms with Gasteiger partial charge >= 0.3 is 6.03 Å². The average Bonchev–Trinajstić information content (AvgIpc) is 3.16. The molecule has 1 atom stereocenters. The molecular weight excluding hydrogens is 306 g/mol. The minimum Gasteiger partial charge on any atom is -0.394 e. The minimum absolute atomic E-state index is 0.178. The smallest absolute Gasteiger partial charge is 0.319 e. The quantitative estimate of drug-likeness (QED) is 0.670. The molecular formula is C17H17N5O2. The number of anilines is 1. The van der Waals surface area contributed by atoms with Crippen molar-refractivity contribution in [2.75, 3.05) is 11.9 Å². The van der Waals surface area contributed by atoms with Crippen molar-refractivity contribution in [2.24, 2.45) is 0 Å². The molecule has 7 nitrogen and oxygen atoms in total. The van der Waals surface area contributed by atoms with Gasteiger partial charge in [-0.15, -0.1) is 5.10 Å². The van der Waals surface area contributed by atoms with Gasteiger partial charge in [-0.2, -0.15) is 0 Å². The fourth-order valence-electron chi connectivity index (χ4n) is 2.29. The molecule has 0 radical (unpaired) electrons. The highest BCUT2D eigenvalue weighted by Crippen LogP contribution is 2.14. The second-order valence-corrected chi connectivity index (χ2v) is 5.14. The number of rotatable bonds is 5. The normalized spacial score (nSPS) is 11.7. The van der Waals surface area contributed by atoms with Crippen molar-refractivity contribution in [2.45, 2.75) is 6.04 Å². The lowest BCUT2D eigenvalue weighted by molar-refractivity contribution is 0.225. The first-order valence-corrected chi connectivity index (χ1v) is 7.46. The van der Waals surface area contributed by atoms with Crippen LogP contribution in [0.2, 0.25) is 0 Å². The fraction of sp³-hybridized carbons (Fsp3) is 0.118. The van der Waals surface area contributed by atoms with Crippen LogP contribution >= 0.6 is 0 Å². The van der Waals surface area contributed by atoms with Gasteiger partial charge in [0.25, 0.3) is 0 Å². The Balaban J connectivity index is 1.62. The summed E-state index contributed by atoms with van der Waals surface area (Å²) in [5.74, 6) is 0. The van der Waals surface area contributed by atoms with Crippen LogP contribution in [0.5, 0.6) is 0 Å². The van der Waals surface area contributed by atoms with E-state index in [0.717, 1.165) is 11.3 Å². The van der Waals surface area contributed by atoms with Gasteiger partial charge in [0.2, 0.25) is 0 Å². The van der Waals surface area contributed by atoms with Crippen LogP contribution in [-0.4, -0.2) is 32.7 Å². The van der Waals surface area contributed by atoms with Gasteiger partial charge in [0.1, 0.15) is 0 Å². The first kappa shape index (κ1) is 15.7. The molecule has 0 saturated heterocycles. The van der Waals surface area contributed by atoms with Crippen LogP contribution < -0.4 is 10.6 Å². The molecule has 24 heavy (non-hydrogen) atoms. The number of urea groups is 1. The SMILES string of the molecule is O=C(Nc1ccc(-n2ccnn2)cc1)NC(CO)c1ccccc1. The molecule has 0 fully saturated rings. The number of aromatic nitrogens is 3. The maximum absolute atomic E-state index is 12.1. The molecule has 1 heterocycles. The van der Waals surface area contributed by atoms with Crippen LogP contribution in [0.25, 0.3) is 5.69 Å². The molecule has 2 amide bonds. The van der Waals surface area contributed by atoms with Crippen LogP contribution in [0.15, 0.2) is 67.0 Å². The summed E-state index contributed by atoms with van der Waals surface area (Å²) in [5.41, 5.74) is 2.33. The van der Waals surface area contributed by atoms with E-state index in [-0.39, 0.29) is 12.6 Å². The van der Waals surface area contributed by atoms with Crippen molar-refractivity contribution in [1.82, 2.24) is 20.3 Å². The van der Waals surface area contributed by atoms with E-state index in [1.807, 2.05) is 42.5 Å². The third-order valence-corrected chi connectivity index (χ3v) is 3.50. The molecule has 3 rings (SSSR count). The van der Waals surface area contributed by atoms with Gasteiger partial charge in [0, 0.05) is 5.69 Å². The number of nitrogens with zero attached hydrogens (tertiary/aromatic N) is 3. The highest BCUT2D eigenvalue weighted by Gasteiger charge is 2.13. The van der Waals surface area contributed by atoms with Gasteiger partial charge in [0.15, 0.2) is 0 Å². The van der Waals surface area contributed by atoms with Gasteiger partial charge < -0.3 is 15.7 Å². The fourth-order valence-corrected chi connectivity index (χ4v) is 2.29. The molecule has 3 aromatic rings. The number of nitrogens with one attached hydrogen (secondary N) is 2. The van der Waals surface area contributed by atoms with E-state index in [9.17, 15) is 9.90 Å². The Morgan fingerprint density at radius 3 is 2.50 bits per heavy atom. The summed E-state index contributed by atoms with van der Waals surface area (Å²) in [4.78, 5) is 12.1. The molecule has 122 valence electrons. The van der Waals surface area contributed by atoms with Crippen molar-refractivity contribution >= 4 is 11.7 Å². The molecule has 1 unspecified atom stereocenters. The van der Waals surface area contributed by atoms with Gasteiger partial charge in [-0.25, -0.2) is 9.48 Å². The zero-order chi connectivity index (χ0) is 16.8. The van der Waals surface area contributed by atoms with E-state index in [1.165, 1.54) is 0 Å². The maximum Gasteiger partial charge on any atom is 0.319 e. The summed E-state index contributed by atoms with van der Waals surface area (Å²) < 4.78 is 1.63. The average molecular weight is 323 g/mol. The van der Waals surface area contributed by atoms with Crippen molar-refractivity contribution < 1.29 is 9.90 Å². The predicted octanol–water partition coefficient (Wildman–Crippen LogP) is 2.12. The number of carbonyl (C=O) groups excluding carboxylic acids is 1. The summed E-state index contributed by atoms with van der Waals surface area (Å²) >= 11 is 0. The first-order chi connectivity index (χ1) is 11.8. The molecule has 0 spiro atoms. The lowest BCUT2D eigenvalue weighted by Gasteiger charge is -2.17. The summed E-state index contributed by atoms with van der Waals surface area (Å²) in [6, 6.07) is 15.7. The number of aliphatic hydroxyl groups is 1. The Morgan fingerprint density at radius 2 is 1.88 bits per heavy atom. The number of benzene rings is 2. The Bertz CT molecular complexity index is 773. The van der Waals surface area contributed by atoms with E-state index in [2.05, 4.69) is 20.9 Å². The highest BCUT2D eigenvalue weighted by atomic mass is 16.3. The van der Waals surface area contributed by atoms with E-state index in [0.29, 0.717) is 5.69 Å². The molecule has 3 N–H and O–H groups in total. The van der Waals surface area contributed by atoms with E-state index in [4.69, 9.17) is 0 Å². The van der Waals surface area contributed by atoms with Gasteiger partial charge in [-0.05, 0) is 29.8 Å². The lowest BCUT2D eigenvalue weighted by Crippen LogP contribution is -2.34. The molecule has 2 aromatic carbocycles. The summed E-state index contributed by atoms with van der Waals surface area (Å²) in [6.07, 6.45) is 3.33. The van der Waals surface area contributed by atoms with E-state index >= 15 is 0 Å².